The third-order valence-electron chi connectivity index (χ3n) is 3.86. The van der Waals surface area contributed by atoms with E-state index in [9.17, 15) is 0 Å². The quantitative estimate of drug-likeness (QED) is 0.889. The molecule has 0 aromatic carbocycles. The average Bonchev–Trinajstić information content (AvgIpc) is 3.08. The van der Waals surface area contributed by atoms with Crippen LogP contribution in [-0.4, -0.2) is 42.5 Å². The molecule has 1 aromatic rings. The van der Waals surface area contributed by atoms with Crippen LogP contribution in [0.4, 0.5) is 0 Å². The first-order chi connectivity index (χ1) is 9.38. The monoisotopic (exact) mass is 267 g/mol. The highest BCUT2D eigenvalue weighted by Crippen LogP contribution is 2.34. The van der Waals surface area contributed by atoms with Crippen LogP contribution in [0.15, 0.2) is 4.52 Å². The van der Waals surface area contributed by atoms with Crippen molar-refractivity contribution < 1.29 is 14.0 Å². The standard InChI is InChI=1S/C13H21N3O3/c1-2-14-10-5-3-4-9(10)13-15-12(16-19-13)11-8-17-6-7-18-11/h9-11,14H,2-8H2,1H3. The van der Waals surface area contributed by atoms with Gasteiger partial charge in [0, 0.05) is 6.04 Å². The van der Waals surface area contributed by atoms with E-state index < -0.39 is 0 Å². The molecule has 1 aromatic heterocycles. The maximum absolute atomic E-state index is 5.59. The van der Waals surface area contributed by atoms with Crippen LogP contribution in [0.2, 0.25) is 0 Å². The van der Waals surface area contributed by atoms with E-state index in [1.54, 1.807) is 0 Å². The van der Waals surface area contributed by atoms with Crippen LogP contribution >= 0.6 is 0 Å². The third-order valence-corrected chi connectivity index (χ3v) is 3.86. The minimum Gasteiger partial charge on any atom is -0.376 e. The van der Waals surface area contributed by atoms with Crippen LogP contribution in [0.1, 0.15) is 49.9 Å². The van der Waals surface area contributed by atoms with Gasteiger partial charge < -0.3 is 19.3 Å². The maximum atomic E-state index is 5.59. The van der Waals surface area contributed by atoms with Crippen LogP contribution in [0, 0.1) is 0 Å². The first-order valence-corrected chi connectivity index (χ1v) is 7.14. The summed E-state index contributed by atoms with van der Waals surface area (Å²) in [4.78, 5) is 4.53. The molecule has 6 heteroatoms. The Morgan fingerprint density at radius 2 is 2.26 bits per heavy atom. The second-order valence-electron chi connectivity index (χ2n) is 5.13. The number of rotatable bonds is 4. The molecular formula is C13H21N3O3. The Morgan fingerprint density at radius 3 is 3.05 bits per heavy atom. The number of nitrogens with zero attached hydrogens (tertiary/aromatic N) is 2. The highest BCUT2D eigenvalue weighted by atomic mass is 16.6. The van der Waals surface area contributed by atoms with Gasteiger partial charge in [-0.05, 0) is 19.4 Å². The van der Waals surface area contributed by atoms with Crippen molar-refractivity contribution in [1.82, 2.24) is 15.5 Å². The second kappa shape index (κ2) is 5.98. The molecule has 6 nitrogen and oxygen atoms in total. The predicted molar refractivity (Wildman–Crippen MR) is 67.9 cm³/mol. The van der Waals surface area contributed by atoms with Crippen molar-refractivity contribution in [2.45, 2.75) is 44.2 Å². The molecule has 1 N–H and O–H groups in total. The molecule has 19 heavy (non-hydrogen) atoms. The lowest BCUT2D eigenvalue weighted by Crippen LogP contribution is -2.31. The molecule has 3 unspecified atom stereocenters. The van der Waals surface area contributed by atoms with Crippen molar-refractivity contribution in [2.75, 3.05) is 26.4 Å². The predicted octanol–water partition coefficient (Wildman–Crippen LogP) is 1.40. The minimum absolute atomic E-state index is 0.176. The van der Waals surface area contributed by atoms with E-state index in [-0.39, 0.29) is 6.10 Å². The number of likely N-dealkylation sites (N-methyl/N-ethyl adjacent to an activating group) is 1. The van der Waals surface area contributed by atoms with Crippen LogP contribution in [0.3, 0.4) is 0 Å². The van der Waals surface area contributed by atoms with E-state index in [4.69, 9.17) is 14.0 Å². The van der Waals surface area contributed by atoms with Gasteiger partial charge in [0.2, 0.25) is 11.7 Å². The maximum Gasteiger partial charge on any atom is 0.231 e. The van der Waals surface area contributed by atoms with Crippen molar-refractivity contribution in [3.63, 3.8) is 0 Å². The fourth-order valence-corrected chi connectivity index (χ4v) is 2.93. The summed E-state index contributed by atoms with van der Waals surface area (Å²) in [5.74, 6) is 1.70. The molecule has 106 valence electrons. The zero-order valence-corrected chi connectivity index (χ0v) is 11.3. The summed E-state index contributed by atoms with van der Waals surface area (Å²) in [6.07, 6.45) is 3.33. The number of nitrogens with one attached hydrogen (secondary N) is 1. The fourth-order valence-electron chi connectivity index (χ4n) is 2.93. The van der Waals surface area contributed by atoms with E-state index in [0.29, 0.717) is 37.6 Å². The first-order valence-electron chi connectivity index (χ1n) is 7.14. The zero-order chi connectivity index (χ0) is 13.1. The van der Waals surface area contributed by atoms with Gasteiger partial charge in [-0.2, -0.15) is 4.98 Å². The fraction of sp³-hybridized carbons (Fsp3) is 0.846. The van der Waals surface area contributed by atoms with Crippen molar-refractivity contribution in [2.24, 2.45) is 0 Å². The van der Waals surface area contributed by atoms with Crippen molar-refractivity contribution in [1.29, 1.82) is 0 Å². The Kier molecular flexibility index (Phi) is 4.10. The van der Waals surface area contributed by atoms with Crippen molar-refractivity contribution in [3.8, 4) is 0 Å². The van der Waals surface area contributed by atoms with E-state index in [0.717, 1.165) is 18.9 Å². The largest absolute Gasteiger partial charge is 0.376 e. The highest BCUT2D eigenvalue weighted by Gasteiger charge is 2.33. The van der Waals surface area contributed by atoms with E-state index >= 15 is 0 Å². The Labute approximate surface area is 112 Å². The molecule has 2 heterocycles. The lowest BCUT2D eigenvalue weighted by Gasteiger charge is -2.19. The lowest BCUT2D eigenvalue weighted by atomic mass is 10.0. The van der Waals surface area contributed by atoms with Gasteiger partial charge in [0.05, 0.1) is 25.7 Å². The lowest BCUT2D eigenvalue weighted by molar-refractivity contribution is -0.0941. The zero-order valence-electron chi connectivity index (χ0n) is 11.3. The Bertz CT molecular complexity index is 404. The summed E-state index contributed by atoms with van der Waals surface area (Å²) in [5.41, 5.74) is 0. The Morgan fingerprint density at radius 1 is 1.32 bits per heavy atom. The van der Waals surface area contributed by atoms with Gasteiger partial charge in [-0.15, -0.1) is 0 Å². The molecule has 1 saturated heterocycles. The van der Waals surface area contributed by atoms with Gasteiger partial charge in [-0.3, -0.25) is 0 Å². The SMILES string of the molecule is CCNC1CCCC1c1nc(C2COCCO2)no1. The van der Waals surface area contributed by atoms with Gasteiger partial charge in [0.1, 0.15) is 6.10 Å². The van der Waals surface area contributed by atoms with Gasteiger partial charge in [0.15, 0.2) is 0 Å². The molecule has 0 amide bonds. The number of hydrogen-bond acceptors (Lipinski definition) is 6. The minimum atomic E-state index is -0.176. The number of hydrogen-bond donors (Lipinski definition) is 1. The molecule has 0 spiro atoms. The third kappa shape index (κ3) is 2.80. The molecule has 1 aliphatic carbocycles. The van der Waals surface area contributed by atoms with E-state index in [1.165, 1.54) is 12.8 Å². The second-order valence-corrected chi connectivity index (χ2v) is 5.13. The van der Waals surface area contributed by atoms with Crippen molar-refractivity contribution >= 4 is 0 Å². The molecule has 2 aliphatic rings. The molecule has 2 fully saturated rings. The summed E-state index contributed by atoms with van der Waals surface area (Å²) < 4.78 is 16.4. The molecule has 1 aliphatic heterocycles. The molecule has 0 radical (unpaired) electrons. The molecule has 3 atom stereocenters. The summed E-state index contributed by atoms with van der Waals surface area (Å²) in [5, 5.41) is 7.56. The van der Waals surface area contributed by atoms with Crippen molar-refractivity contribution in [3.05, 3.63) is 11.7 Å². The van der Waals surface area contributed by atoms with Gasteiger partial charge in [-0.1, -0.05) is 18.5 Å². The number of ether oxygens (including phenoxy) is 2. The average molecular weight is 267 g/mol. The molecule has 3 rings (SSSR count). The van der Waals surface area contributed by atoms with Crippen LogP contribution < -0.4 is 5.32 Å². The van der Waals surface area contributed by atoms with E-state index in [1.807, 2.05) is 0 Å². The van der Waals surface area contributed by atoms with Crippen LogP contribution in [-0.2, 0) is 9.47 Å². The Hall–Kier alpha value is -0.980. The van der Waals surface area contributed by atoms with Gasteiger partial charge >= 0.3 is 0 Å². The van der Waals surface area contributed by atoms with E-state index in [2.05, 4.69) is 22.4 Å². The number of aromatic nitrogens is 2. The summed E-state index contributed by atoms with van der Waals surface area (Å²) in [7, 11) is 0. The molecule has 0 bridgehead atoms. The molecular weight excluding hydrogens is 246 g/mol. The first kappa shape index (κ1) is 13.0. The van der Waals surface area contributed by atoms with Gasteiger partial charge in [-0.25, -0.2) is 0 Å². The topological polar surface area (TPSA) is 69.4 Å². The van der Waals surface area contributed by atoms with Gasteiger partial charge in [0.25, 0.3) is 0 Å². The smallest absolute Gasteiger partial charge is 0.231 e. The summed E-state index contributed by atoms with van der Waals surface area (Å²) in [6.45, 7) is 4.86. The van der Waals surface area contributed by atoms with Crippen LogP contribution in [0.25, 0.3) is 0 Å². The van der Waals surface area contributed by atoms with Crippen LogP contribution in [0.5, 0.6) is 0 Å². The Balaban J connectivity index is 1.69. The molecule has 1 saturated carbocycles. The summed E-state index contributed by atoms with van der Waals surface area (Å²) >= 11 is 0. The highest BCUT2D eigenvalue weighted by molar-refractivity contribution is 5.04. The summed E-state index contributed by atoms with van der Waals surface area (Å²) in [6, 6.07) is 0.460. The normalized spacial score (nSPS) is 31.7.